The van der Waals surface area contributed by atoms with Crippen LogP contribution in [0, 0.1) is 0 Å². The van der Waals surface area contributed by atoms with E-state index in [1.165, 1.54) is 37.0 Å². The van der Waals surface area contributed by atoms with Gasteiger partial charge in [-0.15, -0.1) is 11.3 Å². The van der Waals surface area contributed by atoms with Crippen LogP contribution in [0.25, 0.3) is 0 Å². The van der Waals surface area contributed by atoms with E-state index in [9.17, 15) is 4.79 Å². The number of carbonyl (C=O) groups is 1. The molecule has 4 heteroatoms. The summed E-state index contributed by atoms with van der Waals surface area (Å²) in [7, 11) is 0. The Balaban J connectivity index is 2.54. The lowest BCUT2D eigenvalue weighted by molar-refractivity contribution is 0.0702. The molecule has 0 amide bonds. The van der Waals surface area contributed by atoms with E-state index in [1.54, 1.807) is 6.07 Å². The van der Waals surface area contributed by atoms with Gasteiger partial charge in [0.25, 0.3) is 0 Å². The standard InChI is InChI=1S/C14H23NO2S/c1-3-5-9-15(10-6-4-2)11-12-7-8-13(18-12)14(16)17/h7-8H,3-6,9-11H2,1-2H3,(H,16,17). The van der Waals surface area contributed by atoms with Crippen molar-refractivity contribution in [3.05, 3.63) is 21.9 Å². The van der Waals surface area contributed by atoms with Crippen LogP contribution in [0.15, 0.2) is 12.1 Å². The van der Waals surface area contributed by atoms with Crippen LogP contribution >= 0.6 is 11.3 Å². The van der Waals surface area contributed by atoms with Gasteiger partial charge in [-0.05, 0) is 38.1 Å². The highest BCUT2D eigenvalue weighted by atomic mass is 32.1. The Morgan fingerprint density at radius 2 is 1.83 bits per heavy atom. The van der Waals surface area contributed by atoms with E-state index in [4.69, 9.17) is 5.11 Å². The molecule has 1 heterocycles. The molecule has 0 aromatic carbocycles. The molecule has 0 aliphatic rings. The van der Waals surface area contributed by atoms with Gasteiger partial charge >= 0.3 is 5.97 Å². The molecule has 0 atom stereocenters. The van der Waals surface area contributed by atoms with Crippen molar-refractivity contribution in [2.75, 3.05) is 13.1 Å². The summed E-state index contributed by atoms with van der Waals surface area (Å²) in [6.45, 7) is 7.50. The van der Waals surface area contributed by atoms with Crippen LogP contribution < -0.4 is 0 Å². The molecule has 3 nitrogen and oxygen atoms in total. The van der Waals surface area contributed by atoms with Crippen LogP contribution in [-0.4, -0.2) is 29.1 Å². The predicted molar refractivity (Wildman–Crippen MR) is 76.4 cm³/mol. The van der Waals surface area contributed by atoms with E-state index in [2.05, 4.69) is 18.7 Å². The quantitative estimate of drug-likeness (QED) is 0.740. The van der Waals surface area contributed by atoms with Gasteiger partial charge in [0.1, 0.15) is 4.88 Å². The average molecular weight is 269 g/mol. The fourth-order valence-corrected chi connectivity index (χ4v) is 2.72. The van der Waals surface area contributed by atoms with Crippen LogP contribution in [0.1, 0.15) is 54.1 Å². The second-order valence-electron chi connectivity index (χ2n) is 4.55. The highest BCUT2D eigenvalue weighted by molar-refractivity contribution is 7.13. The van der Waals surface area contributed by atoms with E-state index in [-0.39, 0.29) is 0 Å². The van der Waals surface area contributed by atoms with Crippen molar-refractivity contribution in [3.63, 3.8) is 0 Å². The molecule has 0 bridgehead atoms. The molecule has 0 aliphatic heterocycles. The highest BCUT2D eigenvalue weighted by Gasteiger charge is 2.10. The minimum Gasteiger partial charge on any atom is -0.477 e. The summed E-state index contributed by atoms with van der Waals surface area (Å²) in [6, 6.07) is 3.65. The molecule has 1 N–H and O–H groups in total. The molecule has 0 saturated carbocycles. The normalized spacial score (nSPS) is 11.1. The van der Waals surface area contributed by atoms with Crippen molar-refractivity contribution in [1.82, 2.24) is 4.90 Å². The summed E-state index contributed by atoms with van der Waals surface area (Å²) < 4.78 is 0. The van der Waals surface area contributed by atoms with Gasteiger partial charge < -0.3 is 5.11 Å². The summed E-state index contributed by atoms with van der Waals surface area (Å²) in [4.78, 5) is 14.9. The minimum atomic E-state index is -0.820. The molecule has 0 saturated heterocycles. The number of aromatic carboxylic acids is 1. The first-order valence-corrected chi connectivity index (χ1v) is 7.53. The summed E-state index contributed by atoms with van der Waals surface area (Å²) in [6.07, 6.45) is 4.82. The topological polar surface area (TPSA) is 40.5 Å². The van der Waals surface area contributed by atoms with Crippen LogP contribution in [0.5, 0.6) is 0 Å². The summed E-state index contributed by atoms with van der Waals surface area (Å²) in [5, 5.41) is 8.91. The molecule has 0 spiro atoms. The molecule has 0 fully saturated rings. The minimum absolute atomic E-state index is 0.441. The molecule has 102 valence electrons. The van der Waals surface area contributed by atoms with Crippen LogP contribution in [0.2, 0.25) is 0 Å². The van der Waals surface area contributed by atoms with Gasteiger partial charge in [-0.2, -0.15) is 0 Å². The zero-order valence-electron chi connectivity index (χ0n) is 11.3. The van der Waals surface area contributed by atoms with Gasteiger partial charge in [0.2, 0.25) is 0 Å². The fraction of sp³-hybridized carbons (Fsp3) is 0.643. The maximum absolute atomic E-state index is 10.8. The lowest BCUT2D eigenvalue weighted by Gasteiger charge is -2.21. The van der Waals surface area contributed by atoms with Crippen LogP contribution in [0.4, 0.5) is 0 Å². The van der Waals surface area contributed by atoms with Gasteiger partial charge in [-0.25, -0.2) is 4.79 Å². The van der Waals surface area contributed by atoms with Crippen LogP contribution in [-0.2, 0) is 6.54 Å². The van der Waals surface area contributed by atoms with Crippen molar-refractivity contribution in [1.29, 1.82) is 0 Å². The van der Waals surface area contributed by atoms with Crippen LogP contribution in [0.3, 0.4) is 0 Å². The van der Waals surface area contributed by atoms with Crippen molar-refractivity contribution in [2.24, 2.45) is 0 Å². The third-order valence-corrected chi connectivity index (χ3v) is 3.97. The first-order valence-electron chi connectivity index (χ1n) is 6.71. The van der Waals surface area contributed by atoms with E-state index in [0.29, 0.717) is 4.88 Å². The zero-order chi connectivity index (χ0) is 13.4. The van der Waals surface area contributed by atoms with Crippen molar-refractivity contribution >= 4 is 17.3 Å². The number of rotatable bonds is 9. The largest absolute Gasteiger partial charge is 0.477 e. The Morgan fingerprint density at radius 3 is 2.28 bits per heavy atom. The number of carboxylic acid groups (broad SMARTS) is 1. The number of hydrogen-bond acceptors (Lipinski definition) is 3. The van der Waals surface area contributed by atoms with E-state index in [1.807, 2.05) is 6.07 Å². The smallest absolute Gasteiger partial charge is 0.345 e. The van der Waals surface area contributed by atoms with Crippen molar-refractivity contribution in [2.45, 2.75) is 46.1 Å². The van der Waals surface area contributed by atoms with Gasteiger partial charge in [0.15, 0.2) is 0 Å². The first-order chi connectivity index (χ1) is 8.67. The fourth-order valence-electron chi connectivity index (χ4n) is 1.83. The number of nitrogens with zero attached hydrogens (tertiary/aromatic N) is 1. The Labute approximate surface area is 113 Å². The molecular weight excluding hydrogens is 246 g/mol. The Hall–Kier alpha value is -0.870. The first kappa shape index (κ1) is 15.2. The highest BCUT2D eigenvalue weighted by Crippen LogP contribution is 2.18. The van der Waals surface area contributed by atoms with Crippen molar-refractivity contribution < 1.29 is 9.90 Å². The number of carboxylic acids is 1. The number of hydrogen-bond donors (Lipinski definition) is 1. The molecule has 0 unspecified atom stereocenters. The third-order valence-electron chi connectivity index (χ3n) is 2.91. The monoisotopic (exact) mass is 269 g/mol. The number of unbranched alkanes of at least 4 members (excludes halogenated alkanes) is 2. The lowest BCUT2D eigenvalue weighted by Crippen LogP contribution is -2.25. The number of thiophene rings is 1. The third kappa shape index (κ3) is 5.19. The molecule has 0 radical (unpaired) electrons. The molecule has 18 heavy (non-hydrogen) atoms. The SMILES string of the molecule is CCCCN(CCCC)Cc1ccc(C(=O)O)s1. The summed E-state index contributed by atoms with van der Waals surface area (Å²) >= 11 is 1.40. The lowest BCUT2D eigenvalue weighted by atomic mass is 10.2. The maximum Gasteiger partial charge on any atom is 0.345 e. The second kappa shape index (κ2) is 8.27. The average Bonchev–Trinajstić information content (AvgIpc) is 2.81. The molecule has 0 aliphatic carbocycles. The summed E-state index contributed by atoms with van der Waals surface area (Å²) in [5.41, 5.74) is 0. The molecule has 1 rings (SSSR count). The van der Waals surface area contributed by atoms with E-state index >= 15 is 0 Å². The molecular formula is C14H23NO2S. The Bertz CT molecular complexity index is 354. The van der Waals surface area contributed by atoms with Gasteiger partial charge in [0, 0.05) is 11.4 Å². The molecule has 1 aromatic rings. The van der Waals surface area contributed by atoms with E-state index in [0.717, 1.165) is 24.5 Å². The Kier molecular flexibility index (Phi) is 6.98. The van der Waals surface area contributed by atoms with Gasteiger partial charge in [-0.3, -0.25) is 4.90 Å². The van der Waals surface area contributed by atoms with E-state index < -0.39 is 5.97 Å². The predicted octanol–water partition coefficient (Wildman–Crippen LogP) is 3.85. The zero-order valence-corrected chi connectivity index (χ0v) is 12.1. The van der Waals surface area contributed by atoms with Gasteiger partial charge in [-0.1, -0.05) is 26.7 Å². The second-order valence-corrected chi connectivity index (χ2v) is 5.72. The van der Waals surface area contributed by atoms with Gasteiger partial charge in [0.05, 0.1) is 0 Å². The Morgan fingerprint density at radius 1 is 1.22 bits per heavy atom. The maximum atomic E-state index is 10.8. The van der Waals surface area contributed by atoms with Crippen molar-refractivity contribution in [3.8, 4) is 0 Å². The summed E-state index contributed by atoms with van der Waals surface area (Å²) in [5.74, 6) is -0.820. The molecule has 1 aromatic heterocycles.